The molecule has 70 valence electrons. The molecule has 0 aromatic heterocycles. The Hall–Kier alpha value is -0.630. The molecule has 0 aliphatic carbocycles. The second kappa shape index (κ2) is 5.95. The van der Waals surface area contributed by atoms with Gasteiger partial charge in [-0.3, -0.25) is 4.79 Å². The summed E-state index contributed by atoms with van der Waals surface area (Å²) in [6.45, 7) is 5.32. The maximum absolute atomic E-state index is 10.8. The summed E-state index contributed by atoms with van der Waals surface area (Å²) in [5.41, 5.74) is 0.651. The fourth-order valence-electron chi connectivity index (χ4n) is 0.903. The Morgan fingerprint density at radius 3 is 2.50 bits per heavy atom. The molecule has 0 spiro atoms. The summed E-state index contributed by atoms with van der Waals surface area (Å²) in [5.74, 6) is 0.0329. The summed E-state index contributed by atoms with van der Waals surface area (Å²) in [6, 6.07) is 0. The number of Topliss-reactive ketones (excluding diaryl/α,β-unsaturated/α-hetero) is 1. The second-order valence-corrected chi connectivity index (χ2v) is 3.12. The first-order chi connectivity index (χ1) is 5.57. The molecule has 0 aliphatic rings. The largest absolute Gasteiger partial charge is 0.389 e. The van der Waals surface area contributed by atoms with Crippen LogP contribution in [0.15, 0.2) is 11.6 Å². The van der Waals surface area contributed by atoms with Gasteiger partial charge in [0.05, 0.1) is 6.10 Å². The van der Waals surface area contributed by atoms with Gasteiger partial charge in [0.25, 0.3) is 0 Å². The molecule has 1 N–H and O–H groups in total. The van der Waals surface area contributed by atoms with Crippen molar-refractivity contribution in [1.29, 1.82) is 0 Å². The predicted molar refractivity (Wildman–Crippen MR) is 50.0 cm³/mol. The minimum Gasteiger partial charge on any atom is -0.389 e. The number of ketones is 1. The highest BCUT2D eigenvalue weighted by Gasteiger charge is 2.02. The topological polar surface area (TPSA) is 37.3 Å². The van der Waals surface area contributed by atoms with E-state index in [4.69, 9.17) is 0 Å². The van der Waals surface area contributed by atoms with E-state index in [1.807, 2.05) is 0 Å². The highest BCUT2D eigenvalue weighted by Crippen LogP contribution is 2.04. The zero-order valence-electron chi connectivity index (χ0n) is 8.13. The first-order valence-electron chi connectivity index (χ1n) is 4.45. The van der Waals surface area contributed by atoms with Crippen molar-refractivity contribution in [2.45, 2.75) is 46.1 Å². The van der Waals surface area contributed by atoms with Crippen molar-refractivity contribution >= 4 is 5.78 Å². The van der Waals surface area contributed by atoms with Crippen LogP contribution in [0.4, 0.5) is 0 Å². The van der Waals surface area contributed by atoms with Crippen molar-refractivity contribution in [2.75, 3.05) is 0 Å². The number of carbonyl (C=O) groups excluding carboxylic acids is 1. The van der Waals surface area contributed by atoms with Crippen LogP contribution in [0.2, 0.25) is 0 Å². The van der Waals surface area contributed by atoms with Crippen molar-refractivity contribution in [3.63, 3.8) is 0 Å². The summed E-state index contributed by atoms with van der Waals surface area (Å²) in [4.78, 5) is 10.8. The Morgan fingerprint density at radius 2 is 2.08 bits per heavy atom. The molecule has 0 amide bonds. The summed E-state index contributed by atoms with van der Waals surface area (Å²) in [5, 5.41) is 9.37. The van der Waals surface area contributed by atoms with Crippen LogP contribution in [-0.4, -0.2) is 17.0 Å². The quantitative estimate of drug-likeness (QED) is 0.641. The average molecular weight is 170 g/mol. The molecular weight excluding hydrogens is 152 g/mol. The molecule has 0 aromatic rings. The minimum atomic E-state index is -0.450. The van der Waals surface area contributed by atoms with Crippen molar-refractivity contribution in [1.82, 2.24) is 0 Å². The predicted octanol–water partition coefficient (Wildman–Crippen LogP) is 2.07. The summed E-state index contributed by atoms with van der Waals surface area (Å²) >= 11 is 0. The first kappa shape index (κ1) is 11.4. The van der Waals surface area contributed by atoms with Crippen LogP contribution in [-0.2, 0) is 4.79 Å². The molecule has 0 aliphatic heterocycles. The fourth-order valence-corrected chi connectivity index (χ4v) is 0.903. The van der Waals surface area contributed by atoms with Crippen LogP contribution in [0.25, 0.3) is 0 Å². The smallest absolute Gasteiger partial charge is 0.155 e. The van der Waals surface area contributed by atoms with Crippen LogP contribution in [0.5, 0.6) is 0 Å². The molecule has 0 saturated carbocycles. The number of hydrogen-bond donors (Lipinski definition) is 1. The summed E-state index contributed by atoms with van der Waals surface area (Å²) in [7, 11) is 0. The van der Waals surface area contributed by atoms with Crippen LogP contribution >= 0.6 is 0 Å². The molecule has 2 nitrogen and oxygen atoms in total. The minimum absolute atomic E-state index is 0.0329. The van der Waals surface area contributed by atoms with Crippen LogP contribution in [0, 0.1) is 0 Å². The van der Waals surface area contributed by atoms with E-state index in [0.717, 1.165) is 19.3 Å². The molecular formula is C10H18O2. The molecule has 0 aromatic carbocycles. The zero-order chi connectivity index (χ0) is 9.56. The van der Waals surface area contributed by atoms with Crippen LogP contribution < -0.4 is 0 Å². The normalized spacial score (nSPS) is 14.5. The van der Waals surface area contributed by atoms with Gasteiger partial charge in [0.15, 0.2) is 5.78 Å². The SMILES string of the molecule is CCCCC(O)/C=C(\C)C(C)=O. The number of carbonyl (C=O) groups is 1. The lowest BCUT2D eigenvalue weighted by molar-refractivity contribution is -0.113. The van der Waals surface area contributed by atoms with Gasteiger partial charge in [-0.15, -0.1) is 0 Å². The molecule has 1 unspecified atom stereocenters. The molecule has 0 heterocycles. The van der Waals surface area contributed by atoms with Gasteiger partial charge in [0, 0.05) is 0 Å². The van der Waals surface area contributed by atoms with Gasteiger partial charge < -0.3 is 5.11 Å². The number of hydrogen-bond acceptors (Lipinski definition) is 2. The van der Waals surface area contributed by atoms with Gasteiger partial charge >= 0.3 is 0 Å². The van der Waals surface area contributed by atoms with Gasteiger partial charge in [0.2, 0.25) is 0 Å². The maximum atomic E-state index is 10.8. The summed E-state index contributed by atoms with van der Waals surface area (Å²) < 4.78 is 0. The Labute approximate surface area is 74.3 Å². The molecule has 0 radical (unpaired) electrons. The molecule has 0 fully saturated rings. The highest BCUT2D eigenvalue weighted by molar-refractivity contribution is 5.92. The third-order valence-electron chi connectivity index (χ3n) is 1.85. The lowest BCUT2D eigenvalue weighted by atomic mass is 10.1. The zero-order valence-corrected chi connectivity index (χ0v) is 8.13. The van der Waals surface area contributed by atoms with Gasteiger partial charge in [-0.25, -0.2) is 0 Å². The van der Waals surface area contributed by atoms with E-state index in [2.05, 4.69) is 6.92 Å². The number of aliphatic hydroxyl groups excluding tert-OH is 1. The van der Waals surface area contributed by atoms with E-state index in [0.29, 0.717) is 5.57 Å². The highest BCUT2D eigenvalue weighted by atomic mass is 16.3. The molecule has 1 atom stereocenters. The van der Waals surface area contributed by atoms with E-state index >= 15 is 0 Å². The Kier molecular flexibility index (Phi) is 5.64. The van der Waals surface area contributed by atoms with E-state index in [1.165, 1.54) is 6.92 Å². The van der Waals surface area contributed by atoms with Crippen molar-refractivity contribution < 1.29 is 9.90 Å². The molecule has 0 saturated heterocycles. The van der Waals surface area contributed by atoms with Gasteiger partial charge in [-0.2, -0.15) is 0 Å². The Bertz CT molecular complexity index is 171. The maximum Gasteiger partial charge on any atom is 0.155 e. The first-order valence-corrected chi connectivity index (χ1v) is 4.45. The molecule has 0 bridgehead atoms. The number of rotatable bonds is 5. The Balaban J connectivity index is 3.87. The lowest BCUT2D eigenvalue weighted by Gasteiger charge is -2.04. The van der Waals surface area contributed by atoms with Gasteiger partial charge in [-0.05, 0) is 31.9 Å². The third-order valence-corrected chi connectivity index (χ3v) is 1.85. The number of unbranched alkanes of at least 4 members (excludes halogenated alkanes) is 1. The van der Waals surface area contributed by atoms with E-state index in [9.17, 15) is 9.90 Å². The standard InChI is InChI=1S/C10H18O2/c1-4-5-6-10(12)7-8(2)9(3)11/h7,10,12H,4-6H2,1-3H3/b8-7+. The second-order valence-electron chi connectivity index (χ2n) is 3.12. The van der Waals surface area contributed by atoms with Gasteiger partial charge in [-0.1, -0.05) is 19.8 Å². The van der Waals surface area contributed by atoms with E-state index < -0.39 is 6.10 Å². The van der Waals surface area contributed by atoms with Crippen LogP contribution in [0.1, 0.15) is 40.0 Å². The molecule has 0 rings (SSSR count). The number of allylic oxidation sites excluding steroid dienone is 1. The monoisotopic (exact) mass is 170 g/mol. The average Bonchev–Trinajstić information content (AvgIpc) is 2.00. The fraction of sp³-hybridized carbons (Fsp3) is 0.700. The van der Waals surface area contributed by atoms with Crippen molar-refractivity contribution in [3.8, 4) is 0 Å². The molecule has 2 heteroatoms. The Morgan fingerprint density at radius 1 is 1.50 bits per heavy atom. The molecule has 12 heavy (non-hydrogen) atoms. The van der Waals surface area contributed by atoms with Crippen molar-refractivity contribution in [3.05, 3.63) is 11.6 Å². The number of aliphatic hydroxyl groups is 1. The third kappa shape index (κ3) is 5.08. The lowest BCUT2D eigenvalue weighted by Crippen LogP contribution is -2.05. The van der Waals surface area contributed by atoms with E-state index in [-0.39, 0.29) is 5.78 Å². The van der Waals surface area contributed by atoms with Crippen LogP contribution in [0.3, 0.4) is 0 Å². The van der Waals surface area contributed by atoms with Gasteiger partial charge in [0.1, 0.15) is 0 Å². The van der Waals surface area contributed by atoms with Crippen molar-refractivity contribution in [2.24, 2.45) is 0 Å². The summed E-state index contributed by atoms with van der Waals surface area (Å²) in [6.07, 6.45) is 4.01. The van der Waals surface area contributed by atoms with E-state index in [1.54, 1.807) is 13.0 Å².